The van der Waals surface area contributed by atoms with Crippen LogP contribution in [0.4, 0.5) is 0 Å². The molecule has 8 aromatic carbocycles. The summed E-state index contributed by atoms with van der Waals surface area (Å²) in [4.78, 5) is 10.2. The van der Waals surface area contributed by atoms with Crippen molar-refractivity contribution in [3.63, 3.8) is 0 Å². The third-order valence-electron chi connectivity index (χ3n) is 9.89. The molecule has 0 aliphatic rings. The minimum absolute atomic E-state index is 0.700. The van der Waals surface area contributed by atoms with Crippen molar-refractivity contribution in [2.24, 2.45) is 0 Å². The minimum atomic E-state index is 0.700. The van der Waals surface area contributed by atoms with Crippen molar-refractivity contribution in [3.8, 4) is 56.2 Å². The van der Waals surface area contributed by atoms with Gasteiger partial charge in [-0.05, 0) is 80.2 Å². The Labute approximate surface area is 295 Å². The zero-order chi connectivity index (χ0) is 33.7. The molecule has 0 bridgehead atoms. The molecule has 51 heavy (non-hydrogen) atoms. The normalized spacial score (nSPS) is 11.5. The van der Waals surface area contributed by atoms with Gasteiger partial charge in [-0.25, -0.2) is 9.97 Å². The summed E-state index contributed by atoms with van der Waals surface area (Å²) in [6.45, 7) is 0. The van der Waals surface area contributed by atoms with Crippen LogP contribution in [-0.4, -0.2) is 9.97 Å². The summed E-state index contributed by atoms with van der Waals surface area (Å²) in [5, 5.41) is 7.25. The molecule has 3 nitrogen and oxygen atoms in total. The standard InChI is InChI=1S/C48H30N2O/c1-2-11-33(12-3-1)48-49-44(32-23-21-31(22-24-32)34-25-26-47-43(28-34)41-19-8-9-20-46(41)51-47)30-45(50-48)37-15-10-14-35(27-37)42-29-36-13-4-5-16-38(36)39-17-6-7-18-40(39)42/h1-30H. The fraction of sp³-hybridized carbons (Fsp3) is 0. The first-order valence-electron chi connectivity index (χ1n) is 17.2. The fourth-order valence-corrected chi connectivity index (χ4v) is 7.34. The van der Waals surface area contributed by atoms with Crippen LogP contribution in [0.1, 0.15) is 0 Å². The van der Waals surface area contributed by atoms with Crippen LogP contribution in [0.5, 0.6) is 0 Å². The Kier molecular flexibility index (Phi) is 6.81. The summed E-state index contributed by atoms with van der Waals surface area (Å²) in [5.41, 5.74) is 11.3. The van der Waals surface area contributed by atoms with Gasteiger partial charge < -0.3 is 4.42 Å². The summed E-state index contributed by atoms with van der Waals surface area (Å²) in [6, 6.07) is 64.0. The van der Waals surface area contributed by atoms with E-state index in [4.69, 9.17) is 14.4 Å². The number of hydrogen-bond donors (Lipinski definition) is 0. The molecule has 0 N–H and O–H groups in total. The van der Waals surface area contributed by atoms with Gasteiger partial charge in [-0.15, -0.1) is 0 Å². The largest absolute Gasteiger partial charge is 0.456 e. The number of para-hydroxylation sites is 1. The second-order valence-corrected chi connectivity index (χ2v) is 13.0. The van der Waals surface area contributed by atoms with Gasteiger partial charge in [0.25, 0.3) is 0 Å². The van der Waals surface area contributed by atoms with Crippen molar-refractivity contribution in [3.05, 3.63) is 182 Å². The highest BCUT2D eigenvalue weighted by Gasteiger charge is 2.14. The second kappa shape index (κ2) is 11.9. The van der Waals surface area contributed by atoms with Gasteiger partial charge in [0.2, 0.25) is 0 Å². The quantitative estimate of drug-likeness (QED) is 0.174. The lowest BCUT2D eigenvalue weighted by Crippen LogP contribution is -1.96. The molecule has 2 aromatic heterocycles. The fourth-order valence-electron chi connectivity index (χ4n) is 7.34. The van der Waals surface area contributed by atoms with Crippen LogP contribution in [0, 0.1) is 0 Å². The summed E-state index contributed by atoms with van der Waals surface area (Å²) in [5.74, 6) is 0.700. The van der Waals surface area contributed by atoms with Crippen molar-refractivity contribution in [2.45, 2.75) is 0 Å². The van der Waals surface area contributed by atoms with E-state index in [0.717, 1.165) is 66.7 Å². The molecule has 238 valence electrons. The predicted molar refractivity (Wildman–Crippen MR) is 212 cm³/mol. The van der Waals surface area contributed by atoms with Gasteiger partial charge in [0.15, 0.2) is 5.82 Å². The van der Waals surface area contributed by atoms with Crippen molar-refractivity contribution < 1.29 is 4.42 Å². The first-order chi connectivity index (χ1) is 25.2. The van der Waals surface area contributed by atoms with Crippen LogP contribution in [0.3, 0.4) is 0 Å². The van der Waals surface area contributed by atoms with Crippen LogP contribution in [0.25, 0.3) is 99.6 Å². The van der Waals surface area contributed by atoms with Crippen LogP contribution < -0.4 is 0 Å². The molecular formula is C48H30N2O. The molecule has 0 saturated heterocycles. The van der Waals surface area contributed by atoms with Crippen LogP contribution >= 0.6 is 0 Å². The molecule has 0 amide bonds. The van der Waals surface area contributed by atoms with Crippen molar-refractivity contribution in [1.82, 2.24) is 9.97 Å². The molecular weight excluding hydrogens is 621 g/mol. The topological polar surface area (TPSA) is 38.9 Å². The Bertz CT molecular complexity index is 2910. The summed E-state index contributed by atoms with van der Waals surface area (Å²) < 4.78 is 6.07. The van der Waals surface area contributed by atoms with E-state index < -0.39 is 0 Å². The first-order valence-corrected chi connectivity index (χ1v) is 17.2. The molecule has 10 rings (SSSR count). The van der Waals surface area contributed by atoms with Gasteiger partial charge in [-0.3, -0.25) is 0 Å². The molecule has 10 aromatic rings. The van der Waals surface area contributed by atoms with Gasteiger partial charge in [0.05, 0.1) is 11.4 Å². The second-order valence-electron chi connectivity index (χ2n) is 13.0. The lowest BCUT2D eigenvalue weighted by Gasteiger charge is -2.13. The predicted octanol–water partition coefficient (Wildman–Crippen LogP) is 13.0. The molecule has 0 aliphatic carbocycles. The Morgan fingerprint density at radius 2 is 0.922 bits per heavy atom. The zero-order valence-electron chi connectivity index (χ0n) is 27.6. The van der Waals surface area contributed by atoms with Gasteiger partial charge in [-0.2, -0.15) is 0 Å². The van der Waals surface area contributed by atoms with E-state index in [9.17, 15) is 0 Å². The van der Waals surface area contributed by atoms with Crippen molar-refractivity contribution in [1.29, 1.82) is 0 Å². The van der Waals surface area contributed by atoms with Gasteiger partial charge in [0.1, 0.15) is 11.2 Å². The lowest BCUT2D eigenvalue weighted by atomic mass is 9.92. The average Bonchev–Trinajstić information content (AvgIpc) is 3.59. The van der Waals surface area contributed by atoms with Crippen LogP contribution in [-0.2, 0) is 0 Å². The smallest absolute Gasteiger partial charge is 0.160 e. The van der Waals surface area contributed by atoms with E-state index in [1.165, 1.54) is 27.1 Å². The number of benzene rings is 8. The molecule has 3 heteroatoms. The molecule has 0 unspecified atom stereocenters. The van der Waals surface area contributed by atoms with E-state index >= 15 is 0 Å². The van der Waals surface area contributed by atoms with E-state index in [1.54, 1.807) is 0 Å². The highest BCUT2D eigenvalue weighted by atomic mass is 16.3. The molecule has 0 spiro atoms. The van der Waals surface area contributed by atoms with E-state index in [-0.39, 0.29) is 0 Å². The van der Waals surface area contributed by atoms with E-state index in [1.807, 2.05) is 30.3 Å². The maximum Gasteiger partial charge on any atom is 0.160 e. The molecule has 0 fully saturated rings. The third kappa shape index (κ3) is 5.15. The monoisotopic (exact) mass is 650 g/mol. The summed E-state index contributed by atoms with van der Waals surface area (Å²) in [7, 11) is 0. The zero-order valence-corrected chi connectivity index (χ0v) is 27.6. The number of aromatic nitrogens is 2. The first kappa shape index (κ1) is 29.1. The van der Waals surface area contributed by atoms with Gasteiger partial charge in [0, 0.05) is 27.5 Å². The molecule has 0 aliphatic heterocycles. The van der Waals surface area contributed by atoms with E-state index in [0.29, 0.717) is 5.82 Å². The third-order valence-corrected chi connectivity index (χ3v) is 9.89. The lowest BCUT2D eigenvalue weighted by molar-refractivity contribution is 0.669. The maximum absolute atomic E-state index is 6.07. The maximum atomic E-state index is 6.07. The molecule has 0 atom stereocenters. The Morgan fingerprint density at radius 1 is 0.314 bits per heavy atom. The number of fused-ring (bicyclic) bond motifs is 6. The number of furan rings is 1. The molecule has 2 heterocycles. The number of nitrogens with zero attached hydrogens (tertiary/aromatic N) is 2. The highest BCUT2D eigenvalue weighted by Crippen LogP contribution is 2.38. The SMILES string of the molecule is c1ccc(-c2nc(-c3ccc(-c4ccc5oc6ccccc6c5c4)cc3)cc(-c3cccc(-c4cc5ccccc5c5ccccc45)c3)n2)cc1. The van der Waals surface area contributed by atoms with Crippen LogP contribution in [0.15, 0.2) is 186 Å². The summed E-state index contributed by atoms with van der Waals surface area (Å²) in [6.07, 6.45) is 0. The van der Waals surface area contributed by atoms with E-state index in [2.05, 4.69) is 152 Å². The molecule has 0 radical (unpaired) electrons. The Morgan fingerprint density at radius 3 is 1.76 bits per heavy atom. The van der Waals surface area contributed by atoms with Gasteiger partial charge >= 0.3 is 0 Å². The Balaban J connectivity index is 1.07. The minimum Gasteiger partial charge on any atom is -0.456 e. The average molecular weight is 651 g/mol. The summed E-state index contributed by atoms with van der Waals surface area (Å²) >= 11 is 0. The Hall–Kier alpha value is -6.84. The van der Waals surface area contributed by atoms with Crippen molar-refractivity contribution >= 4 is 43.5 Å². The molecule has 0 saturated carbocycles. The van der Waals surface area contributed by atoms with Crippen molar-refractivity contribution in [2.75, 3.05) is 0 Å². The number of hydrogen-bond acceptors (Lipinski definition) is 3. The van der Waals surface area contributed by atoms with Gasteiger partial charge in [-0.1, -0.05) is 146 Å². The van der Waals surface area contributed by atoms with Crippen LogP contribution in [0.2, 0.25) is 0 Å². The highest BCUT2D eigenvalue weighted by molar-refractivity contribution is 6.14. The number of rotatable bonds is 5.